The van der Waals surface area contributed by atoms with Crippen LogP contribution >= 0.6 is 0 Å². The smallest absolute Gasteiger partial charge is 0.165 e. The van der Waals surface area contributed by atoms with Crippen molar-refractivity contribution in [3.63, 3.8) is 0 Å². The van der Waals surface area contributed by atoms with E-state index in [1.54, 1.807) is 0 Å². The van der Waals surface area contributed by atoms with Crippen LogP contribution in [0.15, 0.2) is 85.2 Å². The van der Waals surface area contributed by atoms with Crippen LogP contribution in [0.5, 0.6) is 0 Å². The lowest BCUT2D eigenvalue weighted by atomic mass is 9.94. The minimum absolute atomic E-state index is 0.877. The third-order valence-electron chi connectivity index (χ3n) is 7.94. The van der Waals surface area contributed by atoms with Crippen molar-refractivity contribution in [3.05, 3.63) is 107 Å². The number of benzene rings is 3. The minimum atomic E-state index is 0.877. The first-order valence-corrected chi connectivity index (χ1v) is 12.1. The van der Waals surface area contributed by atoms with Crippen molar-refractivity contribution in [1.82, 2.24) is 19.4 Å². The van der Waals surface area contributed by atoms with Gasteiger partial charge in [0.15, 0.2) is 5.65 Å². The first-order valence-electron chi connectivity index (χ1n) is 12.1. The summed E-state index contributed by atoms with van der Waals surface area (Å²) in [7, 11) is 0. The molecule has 7 aromatic rings. The first-order chi connectivity index (χ1) is 17.4. The molecule has 35 heavy (non-hydrogen) atoms. The predicted octanol–water partition coefficient (Wildman–Crippen LogP) is 6.73. The average Bonchev–Trinajstić information content (AvgIpc) is 3.59. The Labute approximate surface area is 200 Å². The van der Waals surface area contributed by atoms with Gasteiger partial charge in [0.2, 0.25) is 0 Å². The number of hydrogen-bond donors (Lipinski definition) is 0. The monoisotopic (exact) mass is 446 g/mol. The molecule has 4 nitrogen and oxygen atoms in total. The van der Waals surface area contributed by atoms with Crippen LogP contribution in [0, 0.1) is 0 Å². The fraction of sp³-hybridized carbons (Fsp3) is 0.0645. The van der Waals surface area contributed by atoms with E-state index in [1.165, 1.54) is 49.9 Å². The SMILES string of the molecule is c1ccc2c(c1)Cc1c-2ccc2c1-c1ccc3c(c1C2)c1ncccc1n1c2ncccc2nc31. The van der Waals surface area contributed by atoms with Crippen molar-refractivity contribution in [2.75, 3.05) is 0 Å². The standard InChI is InChI=1S/C31H18N4/c1-2-6-19-17(5-1)15-23-20(19)10-9-18-16-24-21(27(18)23)11-12-22-28(24)29-26(8-4-13-32-29)35-30(22)34-25-7-3-14-33-31(25)35/h1-14H,15-16H2. The molecule has 9 rings (SSSR count). The van der Waals surface area contributed by atoms with Crippen LogP contribution in [0.25, 0.3) is 60.9 Å². The number of pyridine rings is 3. The van der Waals surface area contributed by atoms with E-state index in [9.17, 15) is 0 Å². The van der Waals surface area contributed by atoms with Gasteiger partial charge in [-0.05, 0) is 87.7 Å². The maximum absolute atomic E-state index is 5.03. The normalized spacial score (nSPS) is 13.5. The summed E-state index contributed by atoms with van der Waals surface area (Å²) < 4.78 is 2.17. The van der Waals surface area contributed by atoms with Crippen LogP contribution in [-0.4, -0.2) is 19.4 Å². The lowest BCUT2D eigenvalue weighted by molar-refractivity contribution is 1.23. The Morgan fingerprint density at radius 1 is 0.629 bits per heavy atom. The molecule has 0 atom stereocenters. The van der Waals surface area contributed by atoms with Gasteiger partial charge in [-0.2, -0.15) is 0 Å². The predicted molar refractivity (Wildman–Crippen MR) is 140 cm³/mol. The summed E-state index contributed by atoms with van der Waals surface area (Å²) in [6.45, 7) is 0. The molecule has 3 aromatic carbocycles. The third kappa shape index (κ3) is 2.11. The second kappa shape index (κ2) is 6.10. The van der Waals surface area contributed by atoms with Crippen LogP contribution in [-0.2, 0) is 12.8 Å². The summed E-state index contributed by atoms with van der Waals surface area (Å²) in [6.07, 6.45) is 5.66. The van der Waals surface area contributed by atoms with E-state index in [0.717, 1.165) is 46.1 Å². The summed E-state index contributed by atoms with van der Waals surface area (Å²) in [5, 5.41) is 2.36. The van der Waals surface area contributed by atoms with E-state index in [-0.39, 0.29) is 0 Å². The Morgan fingerprint density at radius 3 is 2.49 bits per heavy atom. The lowest BCUT2D eigenvalue weighted by Gasteiger charge is -2.12. The van der Waals surface area contributed by atoms with Crippen LogP contribution in [0.1, 0.15) is 22.3 Å². The van der Waals surface area contributed by atoms with Crippen LogP contribution in [0.2, 0.25) is 0 Å². The average molecular weight is 447 g/mol. The van der Waals surface area contributed by atoms with Crippen molar-refractivity contribution in [2.45, 2.75) is 12.8 Å². The summed E-state index contributed by atoms with van der Waals surface area (Å²) in [5.74, 6) is 0. The third-order valence-corrected chi connectivity index (χ3v) is 7.94. The molecule has 4 aromatic heterocycles. The van der Waals surface area contributed by atoms with E-state index in [2.05, 4.69) is 64.0 Å². The Balaban J connectivity index is 1.42. The van der Waals surface area contributed by atoms with Gasteiger partial charge in [-0.25, -0.2) is 9.97 Å². The second-order valence-electron chi connectivity index (χ2n) is 9.64. The lowest BCUT2D eigenvalue weighted by Crippen LogP contribution is -1.96. The fourth-order valence-corrected chi connectivity index (χ4v) is 6.55. The Kier molecular flexibility index (Phi) is 3.11. The molecule has 0 unspecified atom stereocenters. The van der Waals surface area contributed by atoms with E-state index in [4.69, 9.17) is 9.97 Å². The van der Waals surface area contributed by atoms with E-state index in [0.29, 0.717) is 0 Å². The summed E-state index contributed by atoms with van der Waals surface area (Å²) in [6, 6.07) is 26.2. The van der Waals surface area contributed by atoms with Gasteiger partial charge < -0.3 is 0 Å². The van der Waals surface area contributed by atoms with Gasteiger partial charge in [0.25, 0.3) is 0 Å². The molecular weight excluding hydrogens is 428 g/mol. The van der Waals surface area contributed by atoms with E-state index < -0.39 is 0 Å². The Morgan fingerprint density at radius 2 is 1.49 bits per heavy atom. The first kappa shape index (κ1) is 17.8. The molecule has 2 aliphatic rings. The Bertz CT molecular complexity index is 2070. The minimum Gasteiger partial charge on any atom is -0.274 e. The molecule has 0 bridgehead atoms. The largest absolute Gasteiger partial charge is 0.274 e. The molecule has 4 heteroatoms. The molecule has 2 aliphatic carbocycles. The van der Waals surface area contributed by atoms with Gasteiger partial charge >= 0.3 is 0 Å². The maximum Gasteiger partial charge on any atom is 0.165 e. The van der Waals surface area contributed by atoms with Gasteiger partial charge in [0.05, 0.1) is 11.0 Å². The molecule has 0 fully saturated rings. The number of nitrogens with zero attached hydrogens (tertiary/aromatic N) is 4. The highest BCUT2D eigenvalue weighted by Crippen LogP contribution is 2.50. The molecule has 162 valence electrons. The number of hydrogen-bond acceptors (Lipinski definition) is 3. The highest BCUT2D eigenvalue weighted by molar-refractivity contribution is 6.16. The van der Waals surface area contributed by atoms with Crippen molar-refractivity contribution in [1.29, 1.82) is 0 Å². The number of aromatic nitrogens is 4. The molecule has 0 amide bonds. The fourth-order valence-electron chi connectivity index (χ4n) is 6.55. The number of fused-ring (bicyclic) bond motifs is 16. The van der Waals surface area contributed by atoms with Gasteiger partial charge in [0, 0.05) is 23.2 Å². The van der Waals surface area contributed by atoms with E-state index in [1.807, 2.05) is 30.6 Å². The van der Waals surface area contributed by atoms with Crippen LogP contribution in [0.3, 0.4) is 0 Å². The molecule has 4 heterocycles. The summed E-state index contributed by atoms with van der Waals surface area (Å²) >= 11 is 0. The van der Waals surface area contributed by atoms with Crippen LogP contribution < -0.4 is 0 Å². The number of imidazole rings is 1. The quantitative estimate of drug-likeness (QED) is 0.243. The number of rotatable bonds is 0. The highest BCUT2D eigenvalue weighted by atomic mass is 15.1. The van der Waals surface area contributed by atoms with Crippen molar-refractivity contribution >= 4 is 38.6 Å². The van der Waals surface area contributed by atoms with E-state index >= 15 is 0 Å². The second-order valence-corrected chi connectivity index (χ2v) is 9.64. The molecule has 0 spiro atoms. The topological polar surface area (TPSA) is 43.1 Å². The van der Waals surface area contributed by atoms with Crippen molar-refractivity contribution < 1.29 is 0 Å². The van der Waals surface area contributed by atoms with Crippen molar-refractivity contribution in [2.24, 2.45) is 0 Å². The zero-order valence-electron chi connectivity index (χ0n) is 18.8. The molecule has 0 N–H and O–H groups in total. The maximum atomic E-state index is 5.03. The molecule has 0 saturated carbocycles. The molecule has 0 radical (unpaired) electrons. The van der Waals surface area contributed by atoms with Gasteiger partial charge in [-0.3, -0.25) is 9.38 Å². The van der Waals surface area contributed by atoms with Gasteiger partial charge in [-0.1, -0.05) is 42.5 Å². The molecule has 0 aliphatic heterocycles. The van der Waals surface area contributed by atoms with Gasteiger partial charge in [-0.15, -0.1) is 0 Å². The summed E-state index contributed by atoms with van der Waals surface area (Å²) in [5.41, 5.74) is 16.0. The molecular formula is C31H18N4. The zero-order valence-corrected chi connectivity index (χ0v) is 18.8. The van der Waals surface area contributed by atoms with Crippen molar-refractivity contribution in [3.8, 4) is 22.3 Å². The van der Waals surface area contributed by atoms with Crippen LogP contribution in [0.4, 0.5) is 0 Å². The Hall–Kier alpha value is -4.57. The van der Waals surface area contributed by atoms with Gasteiger partial charge in [0.1, 0.15) is 11.2 Å². The zero-order chi connectivity index (χ0) is 22.7. The summed E-state index contributed by atoms with van der Waals surface area (Å²) in [4.78, 5) is 14.6. The molecule has 0 saturated heterocycles. The highest BCUT2D eigenvalue weighted by Gasteiger charge is 2.30.